The third-order valence-electron chi connectivity index (χ3n) is 4.58. The van der Waals surface area contributed by atoms with E-state index in [1.54, 1.807) is 19.1 Å². The van der Waals surface area contributed by atoms with E-state index in [4.69, 9.17) is 11.6 Å². The molecule has 0 radical (unpaired) electrons. The monoisotopic (exact) mass is 388 g/mol. The molecule has 0 unspecified atom stereocenters. The van der Waals surface area contributed by atoms with Crippen LogP contribution in [0.2, 0.25) is 5.15 Å². The summed E-state index contributed by atoms with van der Waals surface area (Å²) < 4.78 is 0. The Hall–Kier alpha value is -2.58. The molecule has 1 aliphatic heterocycles. The van der Waals surface area contributed by atoms with Gasteiger partial charge in [-0.05, 0) is 30.7 Å². The van der Waals surface area contributed by atoms with Gasteiger partial charge in [0.1, 0.15) is 17.2 Å². The molecule has 3 rings (SSSR count). The summed E-state index contributed by atoms with van der Waals surface area (Å²) in [6.45, 7) is 4.95. The van der Waals surface area contributed by atoms with Crippen molar-refractivity contribution in [2.45, 2.75) is 25.9 Å². The van der Waals surface area contributed by atoms with Gasteiger partial charge in [0.15, 0.2) is 0 Å². The van der Waals surface area contributed by atoms with E-state index >= 15 is 0 Å². The summed E-state index contributed by atoms with van der Waals surface area (Å²) in [6, 6.07) is 5.06. The van der Waals surface area contributed by atoms with E-state index in [2.05, 4.69) is 25.6 Å². The highest BCUT2D eigenvalue weighted by Crippen LogP contribution is 2.31. The Bertz CT molecular complexity index is 875. The lowest BCUT2D eigenvalue weighted by Crippen LogP contribution is -2.52. The predicted molar refractivity (Wildman–Crippen MR) is 101 cm³/mol. The molecule has 0 bridgehead atoms. The summed E-state index contributed by atoms with van der Waals surface area (Å²) in [4.78, 5) is 38.3. The van der Waals surface area contributed by atoms with Crippen molar-refractivity contribution in [3.05, 3.63) is 40.9 Å². The van der Waals surface area contributed by atoms with E-state index in [-0.39, 0.29) is 29.6 Å². The molecule has 1 saturated heterocycles. The summed E-state index contributed by atoms with van der Waals surface area (Å²) in [5.41, 5.74) is 2.10. The van der Waals surface area contributed by atoms with Crippen molar-refractivity contribution in [3.63, 3.8) is 0 Å². The molecular weight excluding hydrogens is 368 g/mol. The number of pyridine rings is 1. The third kappa shape index (κ3) is 4.06. The van der Waals surface area contributed by atoms with Gasteiger partial charge in [0, 0.05) is 33.1 Å². The highest BCUT2D eigenvalue weighted by atomic mass is 35.5. The van der Waals surface area contributed by atoms with Gasteiger partial charge in [-0.3, -0.25) is 9.59 Å². The van der Waals surface area contributed by atoms with Crippen molar-refractivity contribution in [1.29, 1.82) is 0 Å². The van der Waals surface area contributed by atoms with Crippen LogP contribution in [0.1, 0.15) is 35.9 Å². The fraction of sp³-hybridized carbons (Fsp3) is 0.389. The lowest BCUT2D eigenvalue weighted by atomic mass is 9.96. The van der Waals surface area contributed by atoms with Crippen molar-refractivity contribution in [1.82, 2.24) is 30.5 Å². The maximum Gasteiger partial charge on any atom is 0.269 e. The normalized spacial score (nSPS) is 19.6. The van der Waals surface area contributed by atoms with Gasteiger partial charge in [0.25, 0.3) is 5.91 Å². The molecular formula is C18H21ClN6O2. The van der Waals surface area contributed by atoms with Gasteiger partial charge >= 0.3 is 0 Å². The van der Waals surface area contributed by atoms with Crippen molar-refractivity contribution in [2.75, 3.05) is 20.1 Å². The van der Waals surface area contributed by atoms with Crippen LogP contribution in [0, 0.1) is 0 Å². The van der Waals surface area contributed by atoms with Crippen LogP contribution in [0.3, 0.4) is 0 Å². The molecule has 2 atom stereocenters. The zero-order valence-corrected chi connectivity index (χ0v) is 16.1. The Morgan fingerprint density at radius 1 is 1.26 bits per heavy atom. The van der Waals surface area contributed by atoms with E-state index in [0.717, 1.165) is 12.1 Å². The molecule has 0 aliphatic carbocycles. The van der Waals surface area contributed by atoms with Gasteiger partial charge in [0.2, 0.25) is 5.91 Å². The van der Waals surface area contributed by atoms with Crippen LogP contribution < -0.4 is 10.6 Å². The number of carbonyl (C=O) groups excluding carboxylic acids is 2. The summed E-state index contributed by atoms with van der Waals surface area (Å²) >= 11 is 6.27. The van der Waals surface area contributed by atoms with Gasteiger partial charge < -0.3 is 15.5 Å². The summed E-state index contributed by atoms with van der Waals surface area (Å²) in [5.74, 6) is -0.305. The molecule has 1 fully saturated rings. The van der Waals surface area contributed by atoms with E-state index in [1.165, 1.54) is 13.4 Å². The Kier molecular flexibility index (Phi) is 5.67. The number of piperazine rings is 1. The zero-order chi connectivity index (χ0) is 19.6. The minimum atomic E-state index is -0.311. The SMILES string of the molecule is CNC(=O)c1cc(-c2cc([C@@H]3[C@@H](C)NCCN3C(C)=O)cc(Cl)n2)ncn1. The van der Waals surface area contributed by atoms with Gasteiger partial charge in [-0.15, -0.1) is 0 Å². The minimum Gasteiger partial charge on any atom is -0.354 e. The van der Waals surface area contributed by atoms with Crippen molar-refractivity contribution in [2.24, 2.45) is 0 Å². The first-order chi connectivity index (χ1) is 12.9. The van der Waals surface area contributed by atoms with Crippen molar-refractivity contribution in [3.8, 4) is 11.4 Å². The fourth-order valence-corrected chi connectivity index (χ4v) is 3.54. The Morgan fingerprint density at radius 2 is 2.04 bits per heavy atom. The molecule has 27 heavy (non-hydrogen) atoms. The first kappa shape index (κ1) is 19.2. The van der Waals surface area contributed by atoms with Gasteiger partial charge in [-0.1, -0.05) is 11.6 Å². The number of nitrogens with one attached hydrogen (secondary N) is 2. The lowest BCUT2D eigenvalue weighted by Gasteiger charge is -2.40. The van der Waals surface area contributed by atoms with E-state index in [0.29, 0.717) is 23.1 Å². The molecule has 2 amide bonds. The lowest BCUT2D eigenvalue weighted by molar-refractivity contribution is -0.133. The van der Waals surface area contributed by atoms with Crippen LogP contribution in [0.25, 0.3) is 11.4 Å². The molecule has 2 aromatic heterocycles. The molecule has 3 heterocycles. The molecule has 142 valence electrons. The van der Waals surface area contributed by atoms with Crippen LogP contribution in [0.15, 0.2) is 24.5 Å². The number of hydrogen-bond donors (Lipinski definition) is 2. The quantitative estimate of drug-likeness (QED) is 0.771. The number of aromatic nitrogens is 3. The van der Waals surface area contributed by atoms with Crippen LogP contribution in [-0.4, -0.2) is 57.8 Å². The van der Waals surface area contributed by atoms with Crippen molar-refractivity contribution >= 4 is 23.4 Å². The second-order valence-electron chi connectivity index (χ2n) is 6.38. The number of nitrogens with zero attached hydrogens (tertiary/aromatic N) is 4. The average Bonchev–Trinajstić information content (AvgIpc) is 2.66. The highest BCUT2D eigenvalue weighted by molar-refractivity contribution is 6.29. The Balaban J connectivity index is 2.04. The number of carbonyl (C=O) groups is 2. The van der Waals surface area contributed by atoms with Crippen LogP contribution >= 0.6 is 11.6 Å². The predicted octanol–water partition coefficient (Wildman–Crippen LogP) is 1.43. The van der Waals surface area contributed by atoms with Crippen molar-refractivity contribution < 1.29 is 9.59 Å². The molecule has 0 saturated carbocycles. The van der Waals surface area contributed by atoms with Crippen LogP contribution in [0.4, 0.5) is 0 Å². The van der Waals surface area contributed by atoms with Gasteiger partial charge in [-0.2, -0.15) is 0 Å². The molecule has 1 aliphatic rings. The highest BCUT2D eigenvalue weighted by Gasteiger charge is 2.32. The first-order valence-electron chi connectivity index (χ1n) is 8.63. The summed E-state index contributed by atoms with van der Waals surface area (Å²) in [5, 5.41) is 6.22. The van der Waals surface area contributed by atoms with Crippen LogP contribution in [-0.2, 0) is 4.79 Å². The number of amides is 2. The standard InChI is InChI=1S/C18H21ClN6O2/c1-10-17(25(11(2)26)5-4-21-10)12-6-14(24-16(19)7-12)13-8-15(18(27)20-3)23-9-22-13/h6-10,17,21H,4-5H2,1-3H3,(H,20,27)/t10-,17+/m1/s1. The fourth-order valence-electron chi connectivity index (χ4n) is 3.32. The number of halogens is 1. The molecule has 0 spiro atoms. The Morgan fingerprint density at radius 3 is 2.74 bits per heavy atom. The third-order valence-corrected chi connectivity index (χ3v) is 4.77. The number of rotatable bonds is 3. The average molecular weight is 389 g/mol. The summed E-state index contributed by atoms with van der Waals surface area (Å²) in [6.07, 6.45) is 1.31. The maximum atomic E-state index is 12.1. The Labute approximate surface area is 162 Å². The maximum absolute atomic E-state index is 12.1. The van der Waals surface area contributed by atoms with Gasteiger partial charge in [-0.25, -0.2) is 15.0 Å². The molecule has 2 aromatic rings. The minimum absolute atomic E-state index is 0.00627. The van der Waals surface area contributed by atoms with E-state index < -0.39 is 0 Å². The molecule has 0 aromatic carbocycles. The molecule has 8 nitrogen and oxygen atoms in total. The second-order valence-corrected chi connectivity index (χ2v) is 6.76. The van der Waals surface area contributed by atoms with E-state index in [1.807, 2.05) is 17.9 Å². The second kappa shape index (κ2) is 7.98. The first-order valence-corrected chi connectivity index (χ1v) is 9.01. The molecule has 2 N–H and O–H groups in total. The largest absolute Gasteiger partial charge is 0.354 e. The van der Waals surface area contributed by atoms with Crippen LogP contribution in [0.5, 0.6) is 0 Å². The summed E-state index contributed by atoms with van der Waals surface area (Å²) in [7, 11) is 1.54. The smallest absolute Gasteiger partial charge is 0.269 e. The van der Waals surface area contributed by atoms with Gasteiger partial charge in [0.05, 0.1) is 17.4 Å². The number of hydrogen-bond acceptors (Lipinski definition) is 6. The topological polar surface area (TPSA) is 100 Å². The van der Waals surface area contributed by atoms with E-state index in [9.17, 15) is 9.59 Å². The molecule has 9 heteroatoms. The zero-order valence-electron chi connectivity index (χ0n) is 15.4.